The second kappa shape index (κ2) is 7.39. The van der Waals surface area contributed by atoms with E-state index in [-0.39, 0.29) is 4.21 Å². The summed E-state index contributed by atoms with van der Waals surface area (Å²) in [6.45, 7) is 3.58. The smallest absolute Gasteiger partial charge is 0.273 e. The van der Waals surface area contributed by atoms with Crippen molar-refractivity contribution in [2.45, 2.75) is 18.1 Å². The number of nitrogens with zero attached hydrogens (tertiary/aromatic N) is 3. The average Bonchev–Trinajstić information content (AvgIpc) is 3.17. The molecule has 0 radical (unpaired) electrons. The molecule has 1 aromatic carbocycles. The molecule has 0 saturated heterocycles. The van der Waals surface area contributed by atoms with E-state index in [9.17, 15) is 13.7 Å². The van der Waals surface area contributed by atoms with E-state index < -0.39 is 10.0 Å². The van der Waals surface area contributed by atoms with Crippen LogP contribution in [0.1, 0.15) is 17.0 Å². The van der Waals surface area contributed by atoms with Crippen LogP contribution in [0.25, 0.3) is 0 Å². The molecule has 27 heavy (non-hydrogen) atoms. The van der Waals surface area contributed by atoms with Crippen molar-refractivity contribution in [2.75, 3.05) is 11.4 Å². The van der Waals surface area contributed by atoms with E-state index in [1.807, 2.05) is 6.92 Å². The summed E-state index contributed by atoms with van der Waals surface area (Å²) in [5.41, 5.74) is 2.24. The van der Waals surface area contributed by atoms with Crippen molar-refractivity contribution in [3.8, 4) is 17.6 Å². The van der Waals surface area contributed by atoms with Crippen LogP contribution in [0, 0.1) is 25.2 Å². The zero-order chi connectivity index (χ0) is 19.6. The fourth-order valence-electron chi connectivity index (χ4n) is 2.54. The predicted octanol–water partition coefficient (Wildman–Crippen LogP) is 4.25. The van der Waals surface area contributed by atoms with Gasteiger partial charge in [0.15, 0.2) is 0 Å². The topological polar surface area (TPSA) is 83.3 Å². The van der Waals surface area contributed by atoms with Crippen molar-refractivity contribution in [3.05, 3.63) is 64.8 Å². The van der Waals surface area contributed by atoms with E-state index in [0.29, 0.717) is 28.4 Å². The number of hydrogen-bond donors (Lipinski definition) is 0. The molecule has 0 saturated carbocycles. The molecule has 8 heteroatoms. The van der Waals surface area contributed by atoms with Gasteiger partial charge < -0.3 is 4.74 Å². The molecule has 0 fully saturated rings. The molecule has 0 unspecified atom stereocenters. The maximum absolute atomic E-state index is 12.6. The van der Waals surface area contributed by atoms with E-state index in [0.717, 1.165) is 5.69 Å². The van der Waals surface area contributed by atoms with Gasteiger partial charge in [-0.3, -0.25) is 9.29 Å². The van der Waals surface area contributed by atoms with Gasteiger partial charge in [-0.2, -0.15) is 5.26 Å². The minimum absolute atomic E-state index is 0.284. The summed E-state index contributed by atoms with van der Waals surface area (Å²) in [5, 5.41) is 11.0. The van der Waals surface area contributed by atoms with Gasteiger partial charge in [-0.25, -0.2) is 8.42 Å². The Labute approximate surface area is 162 Å². The summed E-state index contributed by atoms with van der Waals surface area (Å²) in [6, 6.07) is 13.7. The first-order chi connectivity index (χ1) is 12.8. The first-order valence-electron chi connectivity index (χ1n) is 8.01. The molecule has 0 aliphatic heterocycles. The molecular formula is C19H17N3O3S2. The number of nitriles is 1. The van der Waals surface area contributed by atoms with Gasteiger partial charge in [-0.15, -0.1) is 11.3 Å². The molecule has 0 N–H and O–H groups in total. The van der Waals surface area contributed by atoms with Crippen LogP contribution in [-0.4, -0.2) is 20.4 Å². The van der Waals surface area contributed by atoms with Crippen molar-refractivity contribution < 1.29 is 13.2 Å². The SMILES string of the molecule is Cc1cc(Oc2ccc(N(C)S(=O)(=O)c3cccs3)cc2)c(C#N)c(C)n1. The molecular weight excluding hydrogens is 382 g/mol. The van der Waals surface area contributed by atoms with Gasteiger partial charge in [0.25, 0.3) is 10.0 Å². The second-order valence-electron chi connectivity index (χ2n) is 5.83. The zero-order valence-corrected chi connectivity index (χ0v) is 16.6. The Morgan fingerprint density at radius 2 is 1.89 bits per heavy atom. The number of hydrogen-bond acceptors (Lipinski definition) is 6. The number of anilines is 1. The molecule has 0 spiro atoms. The molecule has 6 nitrogen and oxygen atoms in total. The number of thiophene rings is 1. The lowest BCUT2D eigenvalue weighted by atomic mass is 10.2. The fraction of sp³-hybridized carbons (Fsp3) is 0.158. The third-order valence-corrected chi connectivity index (χ3v) is 7.10. The molecule has 3 rings (SSSR count). The van der Waals surface area contributed by atoms with Crippen molar-refractivity contribution in [3.63, 3.8) is 0 Å². The molecule has 138 valence electrons. The van der Waals surface area contributed by atoms with Crippen LogP contribution in [0.5, 0.6) is 11.5 Å². The van der Waals surface area contributed by atoms with Crippen LogP contribution < -0.4 is 9.04 Å². The minimum atomic E-state index is -3.58. The third kappa shape index (κ3) is 3.79. The van der Waals surface area contributed by atoms with Gasteiger partial charge in [-0.05, 0) is 49.6 Å². The minimum Gasteiger partial charge on any atom is -0.456 e. The molecule has 0 atom stereocenters. The van der Waals surface area contributed by atoms with Gasteiger partial charge in [0, 0.05) is 18.8 Å². The van der Waals surface area contributed by atoms with E-state index in [4.69, 9.17) is 4.74 Å². The van der Waals surface area contributed by atoms with Crippen LogP contribution in [0.4, 0.5) is 5.69 Å². The zero-order valence-electron chi connectivity index (χ0n) is 15.0. The van der Waals surface area contributed by atoms with Gasteiger partial charge >= 0.3 is 0 Å². The first kappa shape index (κ1) is 18.9. The standard InChI is InChI=1S/C19H17N3O3S2/c1-13-11-18(17(12-20)14(2)21-13)25-16-8-6-15(7-9-16)22(3)27(23,24)19-5-4-10-26-19/h4-11H,1-3H3. The number of sulfonamides is 1. The average molecular weight is 399 g/mol. The molecule has 0 aliphatic carbocycles. The number of aryl methyl sites for hydroxylation is 2. The van der Waals surface area contributed by atoms with E-state index in [2.05, 4.69) is 11.1 Å². The van der Waals surface area contributed by atoms with Crippen LogP contribution in [0.3, 0.4) is 0 Å². The molecule has 0 amide bonds. The molecule has 0 bridgehead atoms. The van der Waals surface area contributed by atoms with E-state index in [1.165, 1.54) is 22.7 Å². The van der Waals surface area contributed by atoms with Crippen molar-refractivity contribution in [2.24, 2.45) is 0 Å². The highest BCUT2D eigenvalue weighted by Gasteiger charge is 2.22. The number of ether oxygens (including phenoxy) is 1. The van der Waals surface area contributed by atoms with Crippen LogP contribution in [0.2, 0.25) is 0 Å². The molecule has 3 aromatic rings. The highest BCUT2D eigenvalue weighted by atomic mass is 32.2. The second-order valence-corrected chi connectivity index (χ2v) is 8.98. The number of aromatic nitrogens is 1. The Balaban J connectivity index is 1.86. The third-order valence-electron chi connectivity index (χ3n) is 3.94. The fourth-order valence-corrected chi connectivity index (χ4v) is 4.90. The Kier molecular flexibility index (Phi) is 5.17. The highest BCUT2D eigenvalue weighted by molar-refractivity contribution is 7.94. The van der Waals surface area contributed by atoms with Gasteiger partial charge in [-0.1, -0.05) is 6.07 Å². The summed E-state index contributed by atoms with van der Waals surface area (Å²) in [6.07, 6.45) is 0. The van der Waals surface area contributed by atoms with Crippen molar-refractivity contribution >= 4 is 27.0 Å². The largest absolute Gasteiger partial charge is 0.456 e. The Bertz CT molecular complexity index is 1100. The monoisotopic (exact) mass is 399 g/mol. The lowest BCUT2D eigenvalue weighted by Gasteiger charge is -2.19. The number of benzene rings is 1. The van der Waals surface area contributed by atoms with Crippen LogP contribution in [0.15, 0.2) is 52.1 Å². The highest BCUT2D eigenvalue weighted by Crippen LogP contribution is 2.30. The maximum atomic E-state index is 12.6. The van der Waals surface area contributed by atoms with Crippen LogP contribution in [-0.2, 0) is 10.0 Å². The number of pyridine rings is 1. The van der Waals surface area contributed by atoms with Crippen molar-refractivity contribution in [1.82, 2.24) is 4.98 Å². The summed E-state index contributed by atoms with van der Waals surface area (Å²) >= 11 is 1.17. The Hall–Kier alpha value is -2.89. The quantitative estimate of drug-likeness (QED) is 0.640. The lowest BCUT2D eigenvalue weighted by molar-refractivity contribution is 0.479. The molecule has 2 heterocycles. The normalized spacial score (nSPS) is 11.0. The van der Waals surface area contributed by atoms with E-state index >= 15 is 0 Å². The summed E-state index contributed by atoms with van der Waals surface area (Å²) in [5.74, 6) is 0.928. The predicted molar refractivity (Wildman–Crippen MR) is 105 cm³/mol. The van der Waals surface area contributed by atoms with Gasteiger partial charge in [0.2, 0.25) is 0 Å². The maximum Gasteiger partial charge on any atom is 0.273 e. The summed E-state index contributed by atoms with van der Waals surface area (Å²) < 4.78 is 32.5. The van der Waals surface area contributed by atoms with Crippen LogP contribution >= 0.6 is 11.3 Å². The van der Waals surface area contributed by atoms with Gasteiger partial charge in [0.1, 0.15) is 27.3 Å². The van der Waals surface area contributed by atoms with Gasteiger partial charge in [0.05, 0.1) is 11.4 Å². The molecule has 0 aliphatic rings. The Morgan fingerprint density at radius 1 is 1.19 bits per heavy atom. The summed E-state index contributed by atoms with van der Waals surface area (Å²) in [7, 11) is -2.07. The lowest BCUT2D eigenvalue weighted by Crippen LogP contribution is -2.25. The Morgan fingerprint density at radius 3 is 2.48 bits per heavy atom. The molecule has 2 aromatic heterocycles. The first-order valence-corrected chi connectivity index (χ1v) is 10.3. The van der Waals surface area contributed by atoms with E-state index in [1.54, 1.807) is 54.8 Å². The summed E-state index contributed by atoms with van der Waals surface area (Å²) in [4.78, 5) is 4.26. The number of rotatable bonds is 5. The van der Waals surface area contributed by atoms with Crippen molar-refractivity contribution in [1.29, 1.82) is 5.26 Å².